The molecule has 1 heterocycles. The van der Waals surface area contributed by atoms with Crippen LogP contribution in [0.4, 0.5) is 13.2 Å². The Labute approximate surface area is 134 Å². The van der Waals surface area contributed by atoms with Crippen LogP contribution >= 0.6 is 22.6 Å². The van der Waals surface area contributed by atoms with Gasteiger partial charge in [-0.2, -0.15) is 18.3 Å². The minimum atomic E-state index is -4.26. The van der Waals surface area contributed by atoms with Crippen LogP contribution in [0, 0.1) is 3.57 Å². The highest BCUT2D eigenvalue weighted by molar-refractivity contribution is 14.1. The summed E-state index contributed by atoms with van der Waals surface area (Å²) in [4.78, 5) is 0. The molecule has 2 rings (SSSR count). The normalized spacial score (nSPS) is 11.8. The third-order valence-corrected chi connectivity index (χ3v) is 3.47. The Morgan fingerprint density at radius 2 is 1.86 bits per heavy atom. The summed E-state index contributed by atoms with van der Waals surface area (Å²) in [5.74, 6) is 0. The molecule has 0 unspecified atom stereocenters. The second kappa shape index (κ2) is 7.26. The van der Waals surface area contributed by atoms with E-state index < -0.39 is 12.8 Å². The summed E-state index contributed by atoms with van der Waals surface area (Å²) >= 11 is 2.24. The van der Waals surface area contributed by atoms with Gasteiger partial charge in [-0.05, 0) is 46.7 Å². The van der Waals surface area contributed by atoms with E-state index in [1.165, 1.54) is 0 Å². The molecule has 0 aliphatic carbocycles. The number of hydrogen-bond acceptors (Lipinski definition) is 2. The van der Waals surface area contributed by atoms with E-state index >= 15 is 0 Å². The number of aryl methyl sites for hydroxylation is 1. The fourth-order valence-corrected chi connectivity index (χ4v) is 2.15. The lowest BCUT2D eigenvalue weighted by molar-refractivity contribution is -0.174. The Morgan fingerprint density at radius 3 is 2.52 bits per heavy atom. The van der Waals surface area contributed by atoms with Crippen molar-refractivity contribution in [1.29, 1.82) is 0 Å². The molecule has 0 fully saturated rings. The fourth-order valence-electron chi connectivity index (χ4n) is 1.79. The molecule has 0 spiro atoms. The molecule has 0 atom stereocenters. The number of aromatic nitrogens is 2. The van der Waals surface area contributed by atoms with E-state index in [0.717, 1.165) is 14.7 Å². The van der Waals surface area contributed by atoms with E-state index in [1.807, 2.05) is 30.5 Å². The van der Waals surface area contributed by atoms with E-state index in [-0.39, 0.29) is 6.61 Å². The Bertz CT molecular complexity index is 566. The highest BCUT2D eigenvalue weighted by atomic mass is 127. The minimum absolute atomic E-state index is 0.0677. The van der Waals surface area contributed by atoms with Crippen molar-refractivity contribution in [3.05, 3.63) is 40.2 Å². The van der Waals surface area contributed by atoms with Gasteiger partial charge in [0.25, 0.3) is 0 Å². The van der Waals surface area contributed by atoms with Crippen molar-refractivity contribution in [2.75, 3.05) is 13.2 Å². The van der Waals surface area contributed by atoms with Gasteiger partial charge in [0.1, 0.15) is 6.61 Å². The molecule has 114 valence electrons. The zero-order valence-corrected chi connectivity index (χ0v) is 13.3. The maximum Gasteiger partial charge on any atom is 0.411 e. The SMILES string of the molecule is FC(F)(F)COCCCn1cc(-c2ccc(I)cc2)cn1. The monoisotopic (exact) mass is 410 g/mol. The molecular formula is C14H14F3IN2O. The van der Waals surface area contributed by atoms with Crippen LogP contribution in [0.25, 0.3) is 11.1 Å². The summed E-state index contributed by atoms with van der Waals surface area (Å²) in [5, 5.41) is 4.20. The number of hydrogen-bond donors (Lipinski definition) is 0. The average Bonchev–Trinajstić information content (AvgIpc) is 2.87. The minimum Gasteiger partial charge on any atom is -0.372 e. The number of ether oxygens (including phenoxy) is 1. The van der Waals surface area contributed by atoms with E-state index in [9.17, 15) is 13.2 Å². The van der Waals surface area contributed by atoms with Gasteiger partial charge in [0, 0.05) is 28.5 Å². The standard InChI is InChI=1S/C14H14F3IN2O/c15-14(16,17)10-21-7-1-6-20-9-12(8-19-20)11-2-4-13(18)5-3-11/h2-5,8-9H,1,6-7,10H2. The zero-order chi connectivity index (χ0) is 15.3. The number of nitrogens with zero attached hydrogens (tertiary/aromatic N) is 2. The van der Waals surface area contributed by atoms with Gasteiger partial charge >= 0.3 is 6.18 Å². The number of rotatable bonds is 6. The van der Waals surface area contributed by atoms with Crippen molar-refractivity contribution in [3.63, 3.8) is 0 Å². The molecule has 7 heteroatoms. The van der Waals surface area contributed by atoms with Crippen molar-refractivity contribution in [3.8, 4) is 11.1 Å². The van der Waals surface area contributed by atoms with Crippen LogP contribution in [0.1, 0.15) is 6.42 Å². The van der Waals surface area contributed by atoms with Crippen LogP contribution in [0.15, 0.2) is 36.7 Å². The molecule has 0 bridgehead atoms. The second-order valence-electron chi connectivity index (χ2n) is 4.52. The quantitative estimate of drug-likeness (QED) is 0.529. The van der Waals surface area contributed by atoms with Crippen molar-refractivity contribution in [1.82, 2.24) is 9.78 Å². The highest BCUT2D eigenvalue weighted by Gasteiger charge is 2.27. The summed E-state index contributed by atoms with van der Waals surface area (Å²) in [6.07, 6.45) is -0.141. The number of benzene rings is 1. The first-order valence-electron chi connectivity index (χ1n) is 6.37. The molecule has 21 heavy (non-hydrogen) atoms. The predicted molar refractivity (Wildman–Crippen MR) is 81.9 cm³/mol. The fraction of sp³-hybridized carbons (Fsp3) is 0.357. The van der Waals surface area contributed by atoms with Crippen molar-refractivity contribution >= 4 is 22.6 Å². The van der Waals surface area contributed by atoms with E-state index in [2.05, 4.69) is 32.4 Å². The Hall–Kier alpha value is -1.09. The summed E-state index contributed by atoms with van der Waals surface area (Å²) in [5.41, 5.74) is 2.05. The van der Waals surface area contributed by atoms with Crippen LogP contribution < -0.4 is 0 Å². The Kier molecular flexibility index (Phi) is 5.63. The summed E-state index contributed by atoms with van der Waals surface area (Å²) in [6.45, 7) is -0.597. The van der Waals surface area contributed by atoms with Crippen molar-refractivity contribution < 1.29 is 17.9 Å². The van der Waals surface area contributed by atoms with Crippen LogP contribution in [-0.2, 0) is 11.3 Å². The molecule has 2 aromatic rings. The lowest BCUT2D eigenvalue weighted by Gasteiger charge is -2.07. The van der Waals surface area contributed by atoms with Gasteiger partial charge in [-0.15, -0.1) is 0 Å². The molecule has 0 aliphatic heterocycles. The maximum atomic E-state index is 11.9. The molecule has 3 nitrogen and oxygen atoms in total. The van der Waals surface area contributed by atoms with Gasteiger partial charge in [0.2, 0.25) is 0 Å². The van der Waals surface area contributed by atoms with Crippen molar-refractivity contribution in [2.45, 2.75) is 19.1 Å². The molecule has 1 aromatic heterocycles. The molecule has 0 N–H and O–H groups in total. The molecule has 0 saturated heterocycles. The van der Waals surface area contributed by atoms with Crippen LogP contribution in [0.5, 0.6) is 0 Å². The second-order valence-corrected chi connectivity index (χ2v) is 5.77. The Morgan fingerprint density at radius 1 is 1.14 bits per heavy atom. The predicted octanol–water partition coefficient (Wildman–Crippen LogP) is 4.12. The first-order chi connectivity index (χ1) is 9.94. The molecule has 0 saturated carbocycles. The Balaban J connectivity index is 1.79. The van der Waals surface area contributed by atoms with Gasteiger partial charge in [-0.3, -0.25) is 4.68 Å². The van der Waals surface area contributed by atoms with Crippen LogP contribution in [0.3, 0.4) is 0 Å². The third kappa shape index (κ3) is 5.66. The van der Waals surface area contributed by atoms with Crippen molar-refractivity contribution in [2.24, 2.45) is 0 Å². The molecular weight excluding hydrogens is 396 g/mol. The number of halogens is 4. The highest BCUT2D eigenvalue weighted by Crippen LogP contribution is 2.20. The van der Waals surface area contributed by atoms with Gasteiger partial charge in [-0.1, -0.05) is 12.1 Å². The first kappa shape index (κ1) is 16.3. The van der Waals surface area contributed by atoms with E-state index in [4.69, 9.17) is 0 Å². The average molecular weight is 410 g/mol. The summed E-state index contributed by atoms with van der Waals surface area (Å²) in [6, 6.07) is 8.04. The number of alkyl halides is 3. The molecule has 0 aliphatic rings. The summed E-state index contributed by atoms with van der Waals surface area (Å²) < 4.78 is 43.1. The maximum absolute atomic E-state index is 11.9. The van der Waals surface area contributed by atoms with Crippen LogP contribution in [-0.4, -0.2) is 29.2 Å². The largest absolute Gasteiger partial charge is 0.411 e. The lowest BCUT2D eigenvalue weighted by atomic mass is 10.1. The van der Waals surface area contributed by atoms with E-state index in [1.54, 1.807) is 10.9 Å². The first-order valence-corrected chi connectivity index (χ1v) is 7.45. The van der Waals surface area contributed by atoms with Crippen LogP contribution in [0.2, 0.25) is 0 Å². The zero-order valence-electron chi connectivity index (χ0n) is 11.1. The van der Waals surface area contributed by atoms with Gasteiger partial charge in [0.15, 0.2) is 0 Å². The molecule has 1 aromatic carbocycles. The molecule has 0 radical (unpaired) electrons. The molecule has 0 amide bonds. The van der Waals surface area contributed by atoms with Gasteiger partial charge < -0.3 is 4.74 Å². The van der Waals surface area contributed by atoms with Gasteiger partial charge in [-0.25, -0.2) is 0 Å². The smallest absolute Gasteiger partial charge is 0.372 e. The third-order valence-electron chi connectivity index (χ3n) is 2.75. The van der Waals surface area contributed by atoms with Gasteiger partial charge in [0.05, 0.1) is 6.20 Å². The van der Waals surface area contributed by atoms with E-state index in [0.29, 0.717) is 13.0 Å². The lowest BCUT2D eigenvalue weighted by Crippen LogP contribution is -2.17. The summed E-state index contributed by atoms with van der Waals surface area (Å²) in [7, 11) is 0. The topological polar surface area (TPSA) is 27.1 Å².